The highest BCUT2D eigenvalue weighted by atomic mass is 35.5. The molecule has 3 heterocycles. The Balaban J connectivity index is 0.00000336. The van der Waals surface area contributed by atoms with Crippen LogP contribution >= 0.6 is 12.4 Å². The van der Waals surface area contributed by atoms with Gasteiger partial charge in [-0.25, -0.2) is 0 Å². The maximum Gasteiger partial charge on any atom is 0.251 e. The molecule has 2 aliphatic heterocycles. The van der Waals surface area contributed by atoms with E-state index in [4.69, 9.17) is 14.2 Å². The molecule has 1 N–H and O–H groups in total. The van der Waals surface area contributed by atoms with Crippen LogP contribution in [0.5, 0.6) is 17.2 Å². The third-order valence-corrected chi connectivity index (χ3v) is 7.37. The van der Waals surface area contributed by atoms with Gasteiger partial charge in [0.2, 0.25) is 0 Å². The molecule has 0 unspecified atom stereocenters. The second kappa shape index (κ2) is 12.7. The molecular formula is C29H36ClN3O5. The van der Waals surface area contributed by atoms with Gasteiger partial charge in [0.15, 0.2) is 17.3 Å². The number of halogens is 1. The van der Waals surface area contributed by atoms with E-state index in [1.165, 1.54) is 5.56 Å². The predicted molar refractivity (Wildman–Crippen MR) is 150 cm³/mol. The number of methoxy groups -OCH3 is 1. The van der Waals surface area contributed by atoms with Gasteiger partial charge < -0.3 is 29.0 Å². The van der Waals surface area contributed by atoms with Crippen LogP contribution in [0.25, 0.3) is 10.9 Å². The van der Waals surface area contributed by atoms with E-state index in [1.54, 1.807) is 29.9 Å². The number of nitrogens with one attached hydrogen (secondary N) is 1. The number of hydrogen-bond donors (Lipinski definition) is 1. The molecule has 0 bridgehead atoms. The molecular weight excluding hydrogens is 506 g/mol. The van der Waals surface area contributed by atoms with Crippen molar-refractivity contribution in [2.75, 3.05) is 40.0 Å². The Kier molecular flexibility index (Phi) is 9.31. The highest BCUT2D eigenvalue weighted by Crippen LogP contribution is 2.31. The fraction of sp³-hybridized carbons (Fsp3) is 0.448. The van der Waals surface area contributed by atoms with Gasteiger partial charge in [0.25, 0.3) is 5.56 Å². The van der Waals surface area contributed by atoms with E-state index in [-0.39, 0.29) is 23.7 Å². The predicted octanol–water partition coefficient (Wildman–Crippen LogP) is 4.05. The van der Waals surface area contributed by atoms with E-state index >= 15 is 0 Å². The lowest BCUT2D eigenvalue weighted by atomic mass is 10.0. The van der Waals surface area contributed by atoms with Crippen LogP contribution in [0.3, 0.4) is 0 Å². The minimum Gasteiger partial charge on any atom is -0.497 e. The van der Waals surface area contributed by atoms with Gasteiger partial charge in [0.05, 0.1) is 12.6 Å². The third kappa shape index (κ3) is 6.14. The lowest BCUT2D eigenvalue weighted by Gasteiger charge is -2.32. The van der Waals surface area contributed by atoms with Crippen LogP contribution in [0.4, 0.5) is 0 Å². The van der Waals surface area contributed by atoms with Crippen molar-refractivity contribution in [1.82, 2.24) is 14.8 Å². The first kappa shape index (κ1) is 28.0. The van der Waals surface area contributed by atoms with E-state index < -0.39 is 0 Å². The molecule has 2 aromatic carbocycles. The van der Waals surface area contributed by atoms with Gasteiger partial charge in [-0.3, -0.25) is 9.59 Å². The van der Waals surface area contributed by atoms with Gasteiger partial charge in [0.1, 0.15) is 19.0 Å². The number of fused-ring (bicyclic) bond motifs is 2. The van der Waals surface area contributed by atoms with Gasteiger partial charge in [-0.15, -0.1) is 12.4 Å². The number of ketones is 1. The average molecular weight is 542 g/mol. The van der Waals surface area contributed by atoms with Crippen molar-refractivity contribution in [1.29, 1.82) is 0 Å². The lowest BCUT2D eigenvalue weighted by Crippen LogP contribution is -2.43. The Morgan fingerprint density at radius 3 is 2.53 bits per heavy atom. The van der Waals surface area contributed by atoms with Crippen LogP contribution < -0.4 is 25.1 Å². The first-order valence-corrected chi connectivity index (χ1v) is 13.1. The summed E-state index contributed by atoms with van der Waals surface area (Å²) < 4.78 is 18.5. The summed E-state index contributed by atoms with van der Waals surface area (Å²) in [6.07, 6.45) is 2.51. The molecule has 8 nitrogen and oxygen atoms in total. The Labute approximate surface area is 229 Å². The fourth-order valence-electron chi connectivity index (χ4n) is 5.21. The SMILES string of the molecule is CCC(=O)c1cc(OC)cc2c1ccc(=O)n2CCN1CCC(NCc2ccc3c(c2)OCCO3)CC1.Cl. The summed E-state index contributed by atoms with van der Waals surface area (Å²) in [5.74, 6) is 2.28. The minimum absolute atomic E-state index is 0. The Morgan fingerprint density at radius 2 is 1.79 bits per heavy atom. The Hall–Kier alpha value is -3.07. The second-order valence-electron chi connectivity index (χ2n) is 9.68. The topological polar surface area (TPSA) is 82.0 Å². The molecule has 5 rings (SSSR count). The number of piperidine rings is 1. The molecule has 0 saturated carbocycles. The van der Waals surface area contributed by atoms with Gasteiger partial charge >= 0.3 is 0 Å². The smallest absolute Gasteiger partial charge is 0.251 e. The average Bonchev–Trinajstić information content (AvgIpc) is 2.94. The molecule has 2 aliphatic rings. The molecule has 0 amide bonds. The molecule has 0 atom stereocenters. The number of nitrogens with zero attached hydrogens (tertiary/aromatic N) is 2. The highest BCUT2D eigenvalue weighted by Gasteiger charge is 2.20. The van der Waals surface area contributed by atoms with Crippen molar-refractivity contribution in [2.45, 2.75) is 45.3 Å². The number of carbonyl (C=O) groups excluding carboxylic acids is 1. The first-order valence-electron chi connectivity index (χ1n) is 13.1. The van der Waals surface area contributed by atoms with Gasteiger partial charge in [-0.2, -0.15) is 0 Å². The number of ether oxygens (including phenoxy) is 3. The van der Waals surface area contributed by atoms with E-state index in [0.29, 0.717) is 43.5 Å². The Bertz CT molecular complexity index is 1330. The molecule has 0 aliphatic carbocycles. The number of likely N-dealkylation sites (tertiary alicyclic amines) is 1. The number of Topliss-reactive ketones (excluding diaryl/α,β-unsaturated/α-hetero) is 1. The van der Waals surface area contributed by atoms with E-state index in [0.717, 1.165) is 61.4 Å². The van der Waals surface area contributed by atoms with Crippen molar-refractivity contribution < 1.29 is 19.0 Å². The number of aromatic nitrogens is 1. The van der Waals surface area contributed by atoms with Gasteiger partial charge in [0, 0.05) is 55.2 Å². The van der Waals surface area contributed by atoms with E-state index in [1.807, 2.05) is 19.1 Å². The zero-order valence-electron chi connectivity index (χ0n) is 22.0. The summed E-state index contributed by atoms with van der Waals surface area (Å²) >= 11 is 0. The van der Waals surface area contributed by atoms with Crippen LogP contribution in [0, 0.1) is 0 Å². The normalized spacial score (nSPS) is 15.7. The van der Waals surface area contributed by atoms with Crippen molar-refractivity contribution in [3.8, 4) is 17.2 Å². The van der Waals surface area contributed by atoms with E-state index in [9.17, 15) is 9.59 Å². The second-order valence-corrected chi connectivity index (χ2v) is 9.68. The molecule has 204 valence electrons. The molecule has 1 aromatic heterocycles. The number of benzene rings is 2. The highest BCUT2D eigenvalue weighted by molar-refractivity contribution is 6.08. The molecule has 3 aromatic rings. The van der Waals surface area contributed by atoms with Crippen LogP contribution in [0.1, 0.15) is 42.1 Å². The zero-order valence-corrected chi connectivity index (χ0v) is 22.9. The summed E-state index contributed by atoms with van der Waals surface area (Å²) in [5, 5.41) is 4.48. The summed E-state index contributed by atoms with van der Waals surface area (Å²) in [6, 6.07) is 13.5. The summed E-state index contributed by atoms with van der Waals surface area (Å²) in [7, 11) is 1.58. The lowest BCUT2D eigenvalue weighted by molar-refractivity contribution is 0.0989. The molecule has 0 spiro atoms. The van der Waals surface area contributed by atoms with Gasteiger partial charge in [-0.05, 0) is 55.8 Å². The summed E-state index contributed by atoms with van der Waals surface area (Å²) in [6.45, 7) is 7.14. The van der Waals surface area contributed by atoms with Crippen molar-refractivity contribution >= 4 is 29.1 Å². The standard InChI is InChI=1S/C29H35N3O5.ClH/c1-3-26(33)24-17-22(35-2)18-25-23(24)5-7-29(34)32(25)13-12-31-10-8-21(9-11-31)30-19-20-4-6-27-28(16-20)37-15-14-36-27;/h4-7,16-18,21,30H,3,8-15,19H2,1-2H3;1H. The van der Waals surface area contributed by atoms with Crippen LogP contribution in [0.15, 0.2) is 47.3 Å². The van der Waals surface area contributed by atoms with Crippen molar-refractivity contribution in [2.24, 2.45) is 0 Å². The number of carbonyl (C=O) groups is 1. The fourth-order valence-corrected chi connectivity index (χ4v) is 5.21. The molecule has 38 heavy (non-hydrogen) atoms. The number of rotatable bonds is 9. The number of hydrogen-bond acceptors (Lipinski definition) is 7. The van der Waals surface area contributed by atoms with Crippen LogP contribution in [-0.4, -0.2) is 61.2 Å². The van der Waals surface area contributed by atoms with Crippen molar-refractivity contribution in [3.05, 3.63) is 63.9 Å². The number of pyridine rings is 1. The van der Waals surface area contributed by atoms with Crippen molar-refractivity contribution in [3.63, 3.8) is 0 Å². The maximum atomic E-state index is 12.8. The van der Waals surface area contributed by atoms with Crippen LogP contribution in [0.2, 0.25) is 0 Å². The minimum atomic E-state index is -0.0633. The van der Waals surface area contributed by atoms with Crippen LogP contribution in [-0.2, 0) is 13.1 Å². The molecule has 1 saturated heterocycles. The Morgan fingerprint density at radius 1 is 1.03 bits per heavy atom. The summed E-state index contributed by atoms with van der Waals surface area (Å²) in [5.41, 5.74) is 2.49. The third-order valence-electron chi connectivity index (χ3n) is 7.37. The molecule has 0 radical (unpaired) electrons. The first-order chi connectivity index (χ1) is 18.1. The quantitative estimate of drug-likeness (QED) is 0.409. The maximum absolute atomic E-state index is 12.8. The molecule has 1 fully saturated rings. The monoisotopic (exact) mass is 541 g/mol. The largest absolute Gasteiger partial charge is 0.497 e. The van der Waals surface area contributed by atoms with E-state index in [2.05, 4.69) is 22.3 Å². The molecule has 9 heteroatoms. The summed E-state index contributed by atoms with van der Waals surface area (Å²) in [4.78, 5) is 27.8. The van der Waals surface area contributed by atoms with Gasteiger partial charge in [-0.1, -0.05) is 13.0 Å². The zero-order chi connectivity index (χ0) is 25.8.